The lowest BCUT2D eigenvalue weighted by atomic mass is 10.0. The van der Waals surface area contributed by atoms with Crippen LogP contribution in [0.5, 0.6) is 5.75 Å². The average molecular weight is 392 g/mol. The topological polar surface area (TPSA) is 58.6 Å². The van der Waals surface area contributed by atoms with E-state index in [4.69, 9.17) is 4.42 Å². The number of phenolic OH excluding ortho intramolecular Hbond substituents is 1. The van der Waals surface area contributed by atoms with Gasteiger partial charge in [-0.3, -0.25) is 4.99 Å². The monoisotopic (exact) mass is 392 g/mol. The van der Waals surface area contributed by atoms with Crippen molar-refractivity contribution < 1.29 is 9.52 Å². The van der Waals surface area contributed by atoms with Gasteiger partial charge in [-0.25, -0.2) is 4.98 Å². The van der Waals surface area contributed by atoms with Gasteiger partial charge in [0.25, 0.3) is 0 Å². The molecule has 4 heteroatoms. The van der Waals surface area contributed by atoms with Crippen molar-refractivity contribution in [3.8, 4) is 17.2 Å². The number of hydrogen-bond donors (Lipinski definition) is 1. The van der Waals surface area contributed by atoms with Crippen LogP contribution in [0.15, 0.2) is 82.2 Å². The van der Waals surface area contributed by atoms with E-state index in [1.165, 1.54) is 0 Å². The summed E-state index contributed by atoms with van der Waals surface area (Å²) in [4.78, 5) is 9.30. The third-order valence-electron chi connectivity index (χ3n) is 5.28. The Labute approximate surface area is 174 Å². The van der Waals surface area contributed by atoms with Crippen molar-refractivity contribution in [3.05, 3.63) is 89.5 Å². The average Bonchev–Trinajstić information content (AvgIpc) is 3.17. The minimum atomic E-state index is 0.209. The lowest BCUT2D eigenvalue weighted by Gasteiger charge is -2.06. The molecule has 0 spiro atoms. The van der Waals surface area contributed by atoms with E-state index in [0.29, 0.717) is 11.5 Å². The highest BCUT2D eigenvalue weighted by Gasteiger charge is 2.10. The maximum absolute atomic E-state index is 10.4. The second-order valence-corrected chi connectivity index (χ2v) is 7.47. The fourth-order valence-corrected chi connectivity index (χ4v) is 3.59. The number of aliphatic imine (C=N–C) groups is 1. The van der Waals surface area contributed by atoms with E-state index in [0.717, 1.165) is 44.2 Å². The third-order valence-corrected chi connectivity index (χ3v) is 5.28. The molecule has 146 valence electrons. The number of rotatable bonds is 3. The van der Waals surface area contributed by atoms with Gasteiger partial charge in [0.05, 0.1) is 5.69 Å². The van der Waals surface area contributed by atoms with Crippen molar-refractivity contribution in [2.75, 3.05) is 0 Å². The molecule has 1 aromatic heterocycles. The van der Waals surface area contributed by atoms with Crippen molar-refractivity contribution in [2.45, 2.75) is 13.8 Å². The minimum Gasteiger partial charge on any atom is -0.507 e. The largest absolute Gasteiger partial charge is 0.507 e. The predicted molar refractivity (Wildman–Crippen MR) is 122 cm³/mol. The Morgan fingerprint density at radius 3 is 2.70 bits per heavy atom. The number of fused-ring (bicyclic) bond motifs is 2. The van der Waals surface area contributed by atoms with Gasteiger partial charge in [0.15, 0.2) is 5.58 Å². The zero-order valence-electron chi connectivity index (χ0n) is 16.8. The zero-order chi connectivity index (χ0) is 20.7. The molecule has 4 aromatic carbocycles. The van der Waals surface area contributed by atoms with Crippen LogP contribution in [-0.2, 0) is 0 Å². The van der Waals surface area contributed by atoms with Crippen LogP contribution >= 0.6 is 0 Å². The van der Waals surface area contributed by atoms with Crippen LogP contribution in [-0.4, -0.2) is 16.3 Å². The summed E-state index contributed by atoms with van der Waals surface area (Å²) in [5, 5.41) is 12.4. The molecular formula is C26H20N2O2. The summed E-state index contributed by atoms with van der Waals surface area (Å²) in [6.07, 6.45) is 1.72. The first-order valence-electron chi connectivity index (χ1n) is 9.81. The molecule has 5 rings (SSSR count). The lowest BCUT2D eigenvalue weighted by molar-refractivity contribution is 0.475. The number of benzene rings is 4. The van der Waals surface area contributed by atoms with Gasteiger partial charge in [-0.05, 0) is 66.1 Å². The fourth-order valence-electron chi connectivity index (χ4n) is 3.59. The summed E-state index contributed by atoms with van der Waals surface area (Å²) in [5.74, 6) is 0.778. The van der Waals surface area contributed by atoms with E-state index in [2.05, 4.69) is 9.98 Å². The molecule has 0 amide bonds. The van der Waals surface area contributed by atoms with Crippen molar-refractivity contribution >= 4 is 33.8 Å². The SMILES string of the molecule is Cc1ccc2nc(-c3ccc(C)c(N=Cc4c(O)ccc5ccccc45)c3)oc2c1. The molecular weight excluding hydrogens is 372 g/mol. The van der Waals surface area contributed by atoms with Crippen LogP contribution in [0.3, 0.4) is 0 Å². The van der Waals surface area contributed by atoms with Gasteiger partial charge < -0.3 is 9.52 Å². The second-order valence-electron chi connectivity index (χ2n) is 7.47. The molecule has 0 bridgehead atoms. The van der Waals surface area contributed by atoms with Crippen LogP contribution in [0, 0.1) is 13.8 Å². The number of aromatic hydroxyl groups is 1. The maximum Gasteiger partial charge on any atom is 0.227 e. The van der Waals surface area contributed by atoms with E-state index in [-0.39, 0.29) is 5.75 Å². The first-order valence-corrected chi connectivity index (χ1v) is 9.81. The van der Waals surface area contributed by atoms with E-state index in [1.54, 1.807) is 12.3 Å². The van der Waals surface area contributed by atoms with Gasteiger partial charge in [-0.2, -0.15) is 0 Å². The molecule has 0 radical (unpaired) electrons. The van der Waals surface area contributed by atoms with E-state index >= 15 is 0 Å². The normalized spacial score (nSPS) is 11.7. The van der Waals surface area contributed by atoms with Crippen LogP contribution in [0.4, 0.5) is 5.69 Å². The smallest absolute Gasteiger partial charge is 0.227 e. The summed E-state index contributed by atoms with van der Waals surface area (Å²) >= 11 is 0. The fraction of sp³-hybridized carbons (Fsp3) is 0.0769. The zero-order valence-corrected chi connectivity index (χ0v) is 16.8. The van der Waals surface area contributed by atoms with Crippen molar-refractivity contribution in [1.82, 2.24) is 4.98 Å². The van der Waals surface area contributed by atoms with Crippen LogP contribution < -0.4 is 0 Å². The van der Waals surface area contributed by atoms with Crippen molar-refractivity contribution in [1.29, 1.82) is 0 Å². The number of aryl methyl sites for hydroxylation is 2. The Kier molecular flexibility index (Phi) is 4.32. The van der Waals surface area contributed by atoms with Crippen LogP contribution in [0.1, 0.15) is 16.7 Å². The summed E-state index contributed by atoms with van der Waals surface area (Å²) in [6, 6.07) is 23.5. The predicted octanol–water partition coefficient (Wildman–Crippen LogP) is 6.72. The molecule has 0 aliphatic carbocycles. The number of oxazole rings is 1. The minimum absolute atomic E-state index is 0.209. The molecule has 0 unspecified atom stereocenters. The number of hydrogen-bond acceptors (Lipinski definition) is 4. The molecule has 1 N–H and O–H groups in total. The highest BCUT2D eigenvalue weighted by molar-refractivity contribution is 6.03. The standard InChI is InChI=1S/C26H20N2O2/c1-16-7-11-22-25(13-16)30-26(28-22)19-9-8-17(2)23(14-19)27-15-21-20-6-4-3-5-18(20)10-12-24(21)29/h3-15,29H,1-2H3. The highest BCUT2D eigenvalue weighted by atomic mass is 16.3. The van der Waals surface area contributed by atoms with Gasteiger partial charge in [0, 0.05) is 17.3 Å². The number of phenols is 1. The second kappa shape index (κ2) is 7.16. The molecule has 0 atom stereocenters. The summed E-state index contributed by atoms with van der Waals surface area (Å²) < 4.78 is 5.97. The van der Waals surface area contributed by atoms with E-state index in [1.807, 2.05) is 80.6 Å². The lowest BCUT2D eigenvalue weighted by Crippen LogP contribution is -1.87. The molecule has 1 heterocycles. The highest BCUT2D eigenvalue weighted by Crippen LogP contribution is 2.31. The number of nitrogens with zero attached hydrogens (tertiary/aromatic N) is 2. The first-order chi connectivity index (χ1) is 14.6. The van der Waals surface area contributed by atoms with Gasteiger partial charge in [0.1, 0.15) is 11.3 Å². The van der Waals surface area contributed by atoms with Gasteiger partial charge in [-0.1, -0.05) is 42.5 Å². The van der Waals surface area contributed by atoms with Gasteiger partial charge >= 0.3 is 0 Å². The van der Waals surface area contributed by atoms with Crippen LogP contribution in [0.25, 0.3) is 33.3 Å². The Hall–Kier alpha value is -3.92. The quantitative estimate of drug-likeness (QED) is 0.347. The van der Waals surface area contributed by atoms with E-state index in [9.17, 15) is 5.11 Å². The van der Waals surface area contributed by atoms with Gasteiger partial charge in [-0.15, -0.1) is 0 Å². The molecule has 0 saturated carbocycles. The Morgan fingerprint density at radius 2 is 1.80 bits per heavy atom. The molecule has 4 nitrogen and oxygen atoms in total. The molecule has 0 aliphatic rings. The van der Waals surface area contributed by atoms with Crippen molar-refractivity contribution in [2.24, 2.45) is 4.99 Å². The number of aromatic nitrogens is 1. The molecule has 5 aromatic rings. The Balaban J connectivity index is 1.56. The first kappa shape index (κ1) is 18.1. The summed E-state index contributed by atoms with van der Waals surface area (Å²) in [6.45, 7) is 4.04. The van der Waals surface area contributed by atoms with Crippen LogP contribution in [0.2, 0.25) is 0 Å². The van der Waals surface area contributed by atoms with E-state index < -0.39 is 0 Å². The van der Waals surface area contributed by atoms with Crippen molar-refractivity contribution in [3.63, 3.8) is 0 Å². The molecule has 0 saturated heterocycles. The molecule has 0 aliphatic heterocycles. The summed E-state index contributed by atoms with van der Waals surface area (Å²) in [5.41, 5.74) is 6.14. The molecule has 30 heavy (non-hydrogen) atoms. The Morgan fingerprint density at radius 1 is 0.933 bits per heavy atom. The third kappa shape index (κ3) is 3.22. The Bertz CT molecular complexity index is 1430. The molecule has 0 fully saturated rings. The van der Waals surface area contributed by atoms with Gasteiger partial charge in [0.2, 0.25) is 5.89 Å². The summed E-state index contributed by atoms with van der Waals surface area (Å²) in [7, 11) is 0. The maximum atomic E-state index is 10.4.